The molecule has 1 aliphatic rings. The van der Waals surface area contributed by atoms with Gasteiger partial charge < -0.3 is 20.1 Å². The van der Waals surface area contributed by atoms with Gasteiger partial charge in [-0.1, -0.05) is 18.2 Å². The molecule has 0 bridgehead atoms. The van der Waals surface area contributed by atoms with Crippen LogP contribution in [0.1, 0.15) is 19.4 Å². The van der Waals surface area contributed by atoms with Gasteiger partial charge in [-0.25, -0.2) is 0 Å². The molecule has 116 valence electrons. The Morgan fingerprint density at radius 1 is 1.48 bits per heavy atom. The number of hydrogen-bond acceptors (Lipinski definition) is 4. The first-order chi connectivity index (χ1) is 10.2. The van der Waals surface area contributed by atoms with Crippen LogP contribution in [-0.4, -0.2) is 44.4 Å². The second-order valence-corrected chi connectivity index (χ2v) is 5.09. The van der Waals surface area contributed by atoms with Gasteiger partial charge in [0.1, 0.15) is 11.8 Å². The summed E-state index contributed by atoms with van der Waals surface area (Å²) in [5.41, 5.74) is 1.11. The summed E-state index contributed by atoms with van der Waals surface area (Å²) in [7, 11) is 0. The Labute approximate surface area is 126 Å². The average Bonchev–Trinajstić information content (AvgIpc) is 2.49. The van der Waals surface area contributed by atoms with Gasteiger partial charge in [-0.2, -0.15) is 0 Å². The SMILES string of the molecule is CCOc1ccccc1CCNC(=O)[C@H]1NCCO[C@@H]1C. The van der Waals surface area contributed by atoms with Crippen molar-refractivity contribution >= 4 is 5.91 Å². The van der Waals surface area contributed by atoms with E-state index >= 15 is 0 Å². The summed E-state index contributed by atoms with van der Waals surface area (Å²) in [6.45, 7) is 6.50. The van der Waals surface area contributed by atoms with Gasteiger partial charge in [-0.05, 0) is 31.9 Å². The van der Waals surface area contributed by atoms with Crippen LogP contribution in [0.4, 0.5) is 0 Å². The van der Waals surface area contributed by atoms with Crippen LogP contribution in [0, 0.1) is 0 Å². The molecule has 5 heteroatoms. The van der Waals surface area contributed by atoms with Crippen molar-refractivity contribution in [1.29, 1.82) is 0 Å². The lowest BCUT2D eigenvalue weighted by Gasteiger charge is -2.29. The predicted octanol–water partition coefficient (Wildman–Crippen LogP) is 1.12. The van der Waals surface area contributed by atoms with Crippen molar-refractivity contribution in [1.82, 2.24) is 10.6 Å². The smallest absolute Gasteiger partial charge is 0.239 e. The molecule has 1 heterocycles. The lowest BCUT2D eigenvalue weighted by atomic mass is 10.1. The topological polar surface area (TPSA) is 59.6 Å². The number of para-hydroxylation sites is 1. The van der Waals surface area contributed by atoms with Crippen molar-refractivity contribution in [3.8, 4) is 5.75 Å². The fraction of sp³-hybridized carbons (Fsp3) is 0.562. The number of rotatable bonds is 6. The van der Waals surface area contributed by atoms with Crippen molar-refractivity contribution in [3.63, 3.8) is 0 Å². The zero-order valence-electron chi connectivity index (χ0n) is 12.7. The zero-order valence-corrected chi connectivity index (χ0v) is 12.7. The Morgan fingerprint density at radius 2 is 2.29 bits per heavy atom. The molecule has 1 fully saturated rings. The quantitative estimate of drug-likeness (QED) is 0.825. The average molecular weight is 292 g/mol. The van der Waals surface area contributed by atoms with Gasteiger partial charge in [0.2, 0.25) is 5.91 Å². The minimum atomic E-state index is -0.263. The predicted molar refractivity (Wildman–Crippen MR) is 81.5 cm³/mol. The number of benzene rings is 1. The van der Waals surface area contributed by atoms with Crippen LogP contribution in [0.5, 0.6) is 5.75 Å². The molecule has 0 aromatic heterocycles. The van der Waals surface area contributed by atoms with Gasteiger partial charge >= 0.3 is 0 Å². The summed E-state index contributed by atoms with van der Waals surface area (Å²) in [6.07, 6.45) is 0.665. The number of carbonyl (C=O) groups is 1. The van der Waals surface area contributed by atoms with Gasteiger partial charge in [-0.15, -0.1) is 0 Å². The molecule has 1 aliphatic heterocycles. The van der Waals surface area contributed by atoms with Gasteiger partial charge in [0.15, 0.2) is 0 Å². The summed E-state index contributed by atoms with van der Waals surface area (Å²) < 4.78 is 11.1. The molecule has 2 rings (SSSR count). The Balaban J connectivity index is 1.82. The normalized spacial score (nSPS) is 21.8. The molecule has 0 aliphatic carbocycles. The lowest BCUT2D eigenvalue weighted by molar-refractivity contribution is -0.128. The molecule has 0 spiro atoms. The number of amides is 1. The van der Waals surface area contributed by atoms with Crippen LogP contribution in [-0.2, 0) is 16.0 Å². The summed E-state index contributed by atoms with van der Waals surface area (Å²) in [5.74, 6) is 0.887. The van der Waals surface area contributed by atoms with Crippen LogP contribution in [0.15, 0.2) is 24.3 Å². The van der Waals surface area contributed by atoms with Crippen LogP contribution in [0.25, 0.3) is 0 Å². The number of ether oxygens (including phenoxy) is 2. The largest absolute Gasteiger partial charge is 0.494 e. The molecule has 0 unspecified atom stereocenters. The number of morpholine rings is 1. The second-order valence-electron chi connectivity index (χ2n) is 5.09. The monoisotopic (exact) mass is 292 g/mol. The van der Waals surface area contributed by atoms with E-state index in [0.717, 1.165) is 24.3 Å². The molecule has 5 nitrogen and oxygen atoms in total. The second kappa shape index (κ2) is 8.00. The van der Waals surface area contributed by atoms with Gasteiger partial charge in [0.05, 0.1) is 19.3 Å². The van der Waals surface area contributed by atoms with Crippen molar-refractivity contribution in [2.24, 2.45) is 0 Å². The maximum atomic E-state index is 12.1. The van der Waals surface area contributed by atoms with E-state index in [2.05, 4.69) is 10.6 Å². The van der Waals surface area contributed by atoms with Crippen molar-refractivity contribution in [3.05, 3.63) is 29.8 Å². The van der Waals surface area contributed by atoms with Crippen molar-refractivity contribution < 1.29 is 14.3 Å². The maximum absolute atomic E-state index is 12.1. The van der Waals surface area contributed by atoms with Gasteiger partial charge in [0.25, 0.3) is 0 Å². The molecule has 0 saturated carbocycles. The standard InChI is InChI=1S/C16H24N2O3/c1-3-20-14-7-5-4-6-13(14)8-9-18-16(19)15-12(2)21-11-10-17-15/h4-7,12,15,17H,3,8-11H2,1-2H3,(H,18,19)/t12-,15+/m1/s1. The summed E-state index contributed by atoms with van der Waals surface area (Å²) in [4.78, 5) is 12.1. The van der Waals surface area contributed by atoms with Crippen LogP contribution < -0.4 is 15.4 Å². The summed E-state index contributed by atoms with van der Waals surface area (Å²) in [6, 6.07) is 7.66. The molecule has 0 radical (unpaired) electrons. The lowest BCUT2D eigenvalue weighted by Crippen LogP contribution is -2.55. The first-order valence-electron chi connectivity index (χ1n) is 7.55. The third-order valence-electron chi connectivity index (χ3n) is 3.56. The van der Waals surface area contributed by atoms with Crippen LogP contribution >= 0.6 is 0 Å². The third-order valence-corrected chi connectivity index (χ3v) is 3.56. The molecular formula is C16H24N2O3. The summed E-state index contributed by atoms with van der Waals surface area (Å²) in [5, 5.41) is 6.15. The van der Waals surface area contributed by atoms with E-state index in [9.17, 15) is 4.79 Å². The van der Waals surface area contributed by atoms with Crippen LogP contribution in [0.2, 0.25) is 0 Å². The molecule has 1 amide bonds. The molecule has 1 saturated heterocycles. The zero-order chi connectivity index (χ0) is 15.1. The van der Waals surface area contributed by atoms with E-state index in [1.54, 1.807) is 0 Å². The number of hydrogen-bond donors (Lipinski definition) is 2. The minimum Gasteiger partial charge on any atom is -0.494 e. The van der Waals surface area contributed by atoms with E-state index in [0.29, 0.717) is 19.8 Å². The van der Waals surface area contributed by atoms with E-state index in [4.69, 9.17) is 9.47 Å². The molecular weight excluding hydrogens is 268 g/mol. The van der Waals surface area contributed by atoms with Gasteiger partial charge in [-0.3, -0.25) is 4.79 Å². The van der Waals surface area contributed by atoms with Crippen molar-refractivity contribution in [2.45, 2.75) is 32.4 Å². The number of nitrogens with one attached hydrogen (secondary N) is 2. The highest BCUT2D eigenvalue weighted by atomic mass is 16.5. The van der Waals surface area contributed by atoms with Gasteiger partial charge in [0, 0.05) is 13.1 Å². The Hall–Kier alpha value is -1.59. The molecule has 21 heavy (non-hydrogen) atoms. The molecule has 2 N–H and O–H groups in total. The van der Waals surface area contributed by atoms with Crippen molar-refractivity contribution in [2.75, 3.05) is 26.3 Å². The molecule has 2 atom stereocenters. The Bertz CT molecular complexity index is 465. The minimum absolute atomic E-state index is 0.00362. The van der Waals surface area contributed by atoms with E-state index in [-0.39, 0.29) is 18.1 Å². The number of carbonyl (C=O) groups excluding carboxylic acids is 1. The maximum Gasteiger partial charge on any atom is 0.239 e. The molecule has 1 aromatic carbocycles. The Kier molecular flexibility index (Phi) is 6.02. The highest BCUT2D eigenvalue weighted by molar-refractivity contribution is 5.82. The summed E-state index contributed by atoms with van der Waals surface area (Å²) >= 11 is 0. The molecule has 1 aromatic rings. The highest BCUT2D eigenvalue weighted by Crippen LogP contribution is 2.18. The van der Waals surface area contributed by atoms with E-state index < -0.39 is 0 Å². The fourth-order valence-corrected chi connectivity index (χ4v) is 2.46. The first kappa shape index (κ1) is 15.8. The van der Waals surface area contributed by atoms with Crippen LogP contribution in [0.3, 0.4) is 0 Å². The van der Waals surface area contributed by atoms with E-state index in [1.807, 2.05) is 38.1 Å². The highest BCUT2D eigenvalue weighted by Gasteiger charge is 2.27. The van der Waals surface area contributed by atoms with E-state index in [1.165, 1.54) is 0 Å². The first-order valence-corrected chi connectivity index (χ1v) is 7.55. The fourth-order valence-electron chi connectivity index (χ4n) is 2.46. The third kappa shape index (κ3) is 4.44. The Morgan fingerprint density at radius 3 is 3.05 bits per heavy atom.